The monoisotopic (exact) mass is 276 g/mol. The van der Waals surface area contributed by atoms with Gasteiger partial charge in [0.15, 0.2) is 0 Å². The molecule has 1 aromatic carbocycles. The second-order valence-electron chi connectivity index (χ2n) is 6.93. The number of nitrogens with one attached hydrogen (secondary N) is 1. The molecule has 1 rings (SSSR count). The van der Waals surface area contributed by atoms with Gasteiger partial charge in [0.05, 0.1) is 6.04 Å². The Kier molecular flexibility index (Phi) is 5.75. The number of nitrogens with two attached hydrogens (primary N) is 1. The molecule has 3 heteroatoms. The molecule has 0 aliphatic rings. The van der Waals surface area contributed by atoms with Gasteiger partial charge in [-0.1, -0.05) is 50.6 Å². The van der Waals surface area contributed by atoms with Gasteiger partial charge in [-0.15, -0.1) is 0 Å². The predicted octanol–water partition coefficient (Wildman–Crippen LogP) is 3.33. The minimum atomic E-state index is -0.0836. The van der Waals surface area contributed by atoms with Gasteiger partial charge in [0.25, 0.3) is 0 Å². The Bertz CT molecular complexity index is 449. The summed E-state index contributed by atoms with van der Waals surface area (Å²) in [4.78, 5) is 12.0. The molecule has 3 N–H and O–H groups in total. The molecule has 0 heterocycles. The van der Waals surface area contributed by atoms with E-state index in [-0.39, 0.29) is 23.4 Å². The van der Waals surface area contributed by atoms with E-state index in [0.717, 1.165) is 12.0 Å². The molecule has 0 aliphatic heterocycles. The molecule has 112 valence electrons. The van der Waals surface area contributed by atoms with Crippen LogP contribution in [0.15, 0.2) is 24.3 Å². The summed E-state index contributed by atoms with van der Waals surface area (Å²) in [5.74, 6) is 0.0238. The van der Waals surface area contributed by atoms with Crippen LogP contribution in [0.5, 0.6) is 0 Å². The first-order chi connectivity index (χ1) is 9.17. The molecule has 3 nitrogen and oxygen atoms in total. The number of hydrogen-bond acceptors (Lipinski definition) is 2. The van der Waals surface area contributed by atoms with Gasteiger partial charge in [-0.25, -0.2) is 0 Å². The first kappa shape index (κ1) is 16.7. The first-order valence-electron chi connectivity index (χ1n) is 7.29. The number of amides is 1. The maximum atomic E-state index is 12.0. The minimum absolute atomic E-state index is 0.0178. The number of aryl methyl sites for hydroxylation is 1. The highest BCUT2D eigenvalue weighted by atomic mass is 16.1. The predicted molar refractivity (Wildman–Crippen MR) is 84.4 cm³/mol. The first-order valence-corrected chi connectivity index (χ1v) is 7.29. The lowest BCUT2D eigenvalue weighted by Gasteiger charge is -2.23. The number of rotatable bonds is 5. The Morgan fingerprint density at radius 2 is 2.00 bits per heavy atom. The maximum Gasteiger partial charge on any atom is 0.222 e. The Labute approximate surface area is 122 Å². The van der Waals surface area contributed by atoms with Crippen LogP contribution in [-0.2, 0) is 4.79 Å². The Hall–Kier alpha value is -1.35. The molecule has 0 fully saturated rings. The van der Waals surface area contributed by atoms with Crippen LogP contribution >= 0.6 is 0 Å². The van der Waals surface area contributed by atoms with Gasteiger partial charge in [0.1, 0.15) is 0 Å². The molecule has 0 aliphatic carbocycles. The SMILES string of the molecule is Cc1cccc([C@H](C)NC(=O)CC(N)CC(C)(C)C)c1. The van der Waals surface area contributed by atoms with Gasteiger partial charge in [-0.3, -0.25) is 4.79 Å². The Balaban J connectivity index is 2.50. The van der Waals surface area contributed by atoms with Gasteiger partial charge >= 0.3 is 0 Å². The van der Waals surface area contributed by atoms with Crippen molar-refractivity contribution in [3.63, 3.8) is 0 Å². The normalized spacial score (nSPS) is 14.7. The minimum Gasteiger partial charge on any atom is -0.350 e. The van der Waals surface area contributed by atoms with Crippen molar-refractivity contribution < 1.29 is 4.79 Å². The third-order valence-corrected chi connectivity index (χ3v) is 3.24. The van der Waals surface area contributed by atoms with Crippen molar-refractivity contribution in [2.45, 2.75) is 59.5 Å². The molecule has 1 aromatic rings. The van der Waals surface area contributed by atoms with Crippen molar-refractivity contribution >= 4 is 5.91 Å². The van der Waals surface area contributed by atoms with E-state index in [4.69, 9.17) is 5.73 Å². The van der Waals surface area contributed by atoms with Crippen LogP contribution in [0.1, 0.15) is 57.7 Å². The van der Waals surface area contributed by atoms with E-state index < -0.39 is 0 Å². The van der Waals surface area contributed by atoms with Crippen molar-refractivity contribution in [1.82, 2.24) is 5.32 Å². The van der Waals surface area contributed by atoms with Gasteiger partial charge in [-0.2, -0.15) is 0 Å². The standard InChI is InChI=1S/C17H28N2O/c1-12-7-6-8-14(9-12)13(2)19-16(20)10-15(18)11-17(3,4)5/h6-9,13,15H,10-11,18H2,1-5H3,(H,19,20)/t13-,15?/m0/s1. The molecule has 2 atom stereocenters. The van der Waals surface area contributed by atoms with Crippen LogP contribution in [-0.4, -0.2) is 11.9 Å². The fourth-order valence-corrected chi connectivity index (χ4v) is 2.42. The lowest BCUT2D eigenvalue weighted by atomic mass is 9.87. The zero-order valence-corrected chi connectivity index (χ0v) is 13.4. The summed E-state index contributed by atoms with van der Waals surface area (Å²) in [6.45, 7) is 10.5. The van der Waals surface area contributed by atoms with Gasteiger partial charge < -0.3 is 11.1 Å². The highest BCUT2D eigenvalue weighted by molar-refractivity contribution is 5.77. The van der Waals surface area contributed by atoms with Crippen molar-refractivity contribution in [2.24, 2.45) is 11.1 Å². The highest BCUT2D eigenvalue weighted by Gasteiger charge is 2.19. The quantitative estimate of drug-likeness (QED) is 0.866. The van der Waals surface area contributed by atoms with Crippen LogP contribution in [0.2, 0.25) is 0 Å². The molecule has 0 saturated carbocycles. The van der Waals surface area contributed by atoms with Gasteiger partial charge in [0.2, 0.25) is 5.91 Å². The molecule has 0 bridgehead atoms. The zero-order valence-electron chi connectivity index (χ0n) is 13.4. The average molecular weight is 276 g/mol. The number of carbonyl (C=O) groups excluding carboxylic acids is 1. The van der Waals surface area contributed by atoms with E-state index in [1.807, 2.05) is 19.1 Å². The topological polar surface area (TPSA) is 55.1 Å². The summed E-state index contributed by atoms with van der Waals surface area (Å²) < 4.78 is 0. The van der Waals surface area contributed by atoms with Gasteiger partial charge in [-0.05, 0) is 31.2 Å². The van der Waals surface area contributed by atoms with Crippen LogP contribution in [0.25, 0.3) is 0 Å². The van der Waals surface area contributed by atoms with E-state index in [1.54, 1.807) is 0 Å². The Morgan fingerprint density at radius 3 is 2.55 bits per heavy atom. The smallest absolute Gasteiger partial charge is 0.222 e. The number of hydrogen-bond donors (Lipinski definition) is 2. The largest absolute Gasteiger partial charge is 0.350 e. The molecule has 0 aromatic heterocycles. The molecule has 1 unspecified atom stereocenters. The molecular formula is C17H28N2O. The molecule has 1 amide bonds. The van der Waals surface area contributed by atoms with Crippen molar-refractivity contribution in [1.29, 1.82) is 0 Å². The summed E-state index contributed by atoms with van der Waals surface area (Å²) in [7, 11) is 0. The third-order valence-electron chi connectivity index (χ3n) is 3.24. The number of carbonyl (C=O) groups is 1. The second kappa shape index (κ2) is 6.89. The van der Waals surface area contributed by atoms with E-state index >= 15 is 0 Å². The fourth-order valence-electron chi connectivity index (χ4n) is 2.42. The molecular weight excluding hydrogens is 248 g/mol. The third kappa shape index (κ3) is 6.20. The van der Waals surface area contributed by atoms with Crippen LogP contribution in [0.4, 0.5) is 0 Å². The number of benzene rings is 1. The van der Waals surface area contributed by atoms with E-state index in [2.05, 4.69) is 45.1 Å². The summed E-state index contributed by atoms with van der Waals surface area (Å²) in [5.41, 5.74) is 8.52. The van der Waals surface area contributed by atoms with Crippen LogP contribution in [0.3, 0.4) is 0 Å². The van der Waals surface area contributed by atoms with E-state index in [0.29, 0.717) is 6.42 Å². The van der Waals surface area contributed by atoms with E-state index in [9.17, 15) is 4.79 Å². The van der Waals surface area contributed by atoms with Crippen molar-refractivity contribution in [3.8, 4) is 0 Å². The Morgan fingerprint density at radius 1 is 1.35 bits per heavy atom. The summed E-state index contributed by atoms with van der Waals surface area (Å²) in [6.07, 6.45) is 1.23. The van der Waals surface area contributed by atoms with Crippen LogP contribution < -0.4 is 11.1 Å². The van der Waals surface area contributed by atoms with E-state index in [1.165, 1.54) is 5.56 Å². The summed E-state index contributed by atoms with van der Waals surface area (Å²) in [5, 5.41) is 3.02. The summed E-state index contributed by atoms with van der Waals surface area (Å²) in [6, 6.07) is 8.13. The lowest BCUT2D eigenvalue weighted by Crippen LogP contribution is -2.35. The molecule has 0 radical (unpaired) electrons. The van der Waals surface area contributed by atoms with Crippen LogP contribution in [0, 0.1) is 12.3 Å². The molecule has 0 saturated heterocycles. The fraction of sp³-hybridized carbons (Fsp3) is 0.588. The van der Waals surface area contributed by atoms with Crippen molar-refractivity contribution in [3.05, 3.63) is 35.4 Å². The molecule has 20 heavy (non-hydrogen) atoms. The summed E-state index contributed by atoms with van der Waals surface area (Å²) >= 11 is 0. The van der Waals surface area contributed by atoms with Crippen molar-refractivity contribution in [2.75, 3.05) is 0 Å². The maximum absolute atomic E-state index is 12.0. The highest BCUT2D eigenvalue weighted by Crippen LogP contribution is 2.21. The average Bonchev–Trinajstić information content (AvgIpc) is 2.25. The van der Waals surface area contributed by atoms with Gasteiger partial charge in [0, 0.05) is 12.5 Å². The second-order valence-corrected chi connectivity index (χ2v) is 6.93. The zero-order chi connectivity index (χ0) is 15.3. The molecule has 0 spiro atoms. The lowest BCUT2D eigenvalue weighted by molar-refractivity contribution is -0.122.